The van der Waals surface area contributed by atoms with E-state index >= 15 is 0 Å². The van der Waals surface area contributed by atoms with Gasteiger partial charge < -0.3 is 10.1 Å². The van der Waals surface area contributed by atoms with Gasteiger partial charge in [-0.1, -0.05) is 18.2 Å². The number of nitrogens with one attached hydrogen (secondary N) is 1. The molecule has 7 nitrogen and oxygen atoms in total. The number of nitro groups is 1. The molecule has 1 rings (SSSR count). The van der Waals surface area contributed by atoms with E-state index in [0.717, 1.165) is 18.2 Å². The summed E-state index contributed by atoms with van der Waals surface area (Å²) in [6.07, 6.45) is 0.650. The molecule has 0 spiro atoms. The molecule has 1 aromatic carbocycles. The number of anilines is 1. The van der Waals surface area contributed by atoms with Crippen LogP contribution in [-0.2, 0) is 20.5 Å². The Bertz CT molecular complexity index is 726. The summed E-state index contributed by atoms with van der Waals surface area (Å²) in [5.41, 5.74) is -2.83. The number of allylic oxidation sites excluding steroid dienone is 3. The van der Waals surface area contributed by atoms with Crippen molar-refractivity contribution >= 4 is 23.3 Å². The fourth-order valence-corrected chi connectivity index (χ4v) is 1.61. The van der Waals surface area contributed by atoms with E-state index in [0.29, 0.717) is 6.07 Å². The van der Waals surface area contributed by atoms with Crippen LogP contribution in [0.2, 0.25) is 0 Å². The first-order valence-electron chi connectivity index (χ1n) is 6.76. The van der Waals surface area contributed by atoms with Gasteiger partial charge in [-0.15, -0.1) is 0 Å². The first kappa shape index (κ1) is 19.9. The number of nitro benzene ring substituents is 1. The number of hydrogen-bond donors (Lipinski definition) is 1. The molecule has 0 atom stereocenters. The van der Waals surface area contributed by atoms with E-state index in [4.69, 9.17) is 0 Å². The van der Waals surface area contributed by atoms with E-state index in [2.05, 4.69) is 4.74 Å². The van der Waals surface area contributed by atoms with Crippen molar-refractivity contribution in [3.05, 3.63) is 58.2 Å². The lowest BCUT2D eigenvalue weighted by molar-refractivity contribution is -0.385. The molecule has 1 aromatic rings. The number of ether oxygens (including phenoxy) is 1. The van der Waals surface area contributed by atoms with Crippen LogP contribution in [0.15, 0.2) is 42.5 Å². The van der Waals surface area contributed by atoms with Crippen LogP contribution in [0.4, 0.5) is 24.5 Å². The highest BCUT2D eigenvalue weighted by atomic mass is 19.4. The van der Waals surface area contributed by atoms with E-state index in [-0.39, 0.29) is 0 Å². The van der Waals surface area contributed by atoms with E-state index in [9.17, 15) is 32.9 Å². The van der Waals surface area contributed by atoms with Gasteiger partial charge in [-0.25, -0.2) is 4.79 Å². The highest BCUT2D eigenvalue weighted by molar-refractivity contribution is 5.94. The van der Waals surface area contributed by atoms with Crippen LogP contribution in [-0.4, -0.2) is 23.4 Å². The molecule has 134 valence electrons. The number of carbonyl (C=O) groups excluding carboxylic acids is 2. The molecule has 0 aliphatic carbocycles. The van der Waals surface area contributed by atoms with Gasteiger partial charge in [-0.3, -0.25) is 14.9 Å². The third-order valence-corrected chi connectivity index (χ3v) is 2.67. The maximum atomic E-state index is 13.0. The van der Waals surface area contributed by atoms with Gasteiger partial charge in [0.25, 0.3) is 11.6 Å². The highest BCUT2D eigenvalue weighted by Gasteiger charge is 2.35. The number of hydrogen-bond acceptors (Lipinski definition) is 5. The highest BCUT2D eigenvalue weighted by Crippen LogP contribution is 2.37. The van der Waals surface area contributed by atoms with E-state index in [1.807, 2.05) is 5.32 Å². The number of nitrogens with zero attached hydrogens (tertiary/aromatic N) is 1. The summed E-state index contributed by atoms with van der Waals surface area (Å²) in [5, 5.41) is 12.5. The molecular weight excluding hydrogens is 345 g/mol. The van der Waals surface area contributed by atoms with Crippen molar-refractivity contribution in [1.29, 1.82) is 0 Å². The van der Waals surface area contributed by atoms with Crippen molar-refractivity contribution in [2.75, 3.05) is 11.9 Å². The van der Waals surface area contributed by atoms with Crippen molar-refractivity contribution in [1.82, 2.24) is 0 Å². The fraction of sp³-hybridized carbons (Fsp3) is 0.200. The van der Waals surface area contributed by atoms with Gasteiger partial charge in [-0.2, -0.15) is 13.2 Å². The SMILES string of the molecule is C/C=C/C=C/C(=O)OCC(=O)Nc1ccc([N+](=O)[O-])cc1C(F)(F)F. The first-order valence-corrected chi connectivity index (χ1v) is 6.76. The fourth-order valence-electron chi connectivity index (χ4n) is 1.61. The summed E-state index contributed by atoms with van der Waals surface area (Å²) in [6.45, 7) is 0.902. The lowest BCUT2D eigenvalue weighted by Gasteiger charge is -2.13. The Hall–Kier alpha value is -3.17. The summed E-state index contributed by atoms with van der Waals surface area (Å²) in [4.78, 5) is 32.5. The van der Waals surface area contributed by atoms with Gasteiger partial charge in [0, 0.05) is 18.2 Å². The summed E-state index contributed by atoms with van der Waals surface area (Å²) in [7, 11) is 0. The van der Waals surface area contributed by atoms with Crippen LogP contribution in [0.1, 0.15) is 12.5 Å². The van der Waals surface area contributed by atoms with Crippen molar-refractivity contribution < 1.29 is 32.4 Å². The third-order valence-electron chi connectivity index (χ3n) is 2.67. The molecule has 0 saturated heterocycles. The van der Waals surface area contributed by atoms with Crippen LogP contribution in [0.5, 0.6) is 0 Å². The standard InChI is InChI=1S/C15H13F3N2O5/c1-2-3-4-5-14(22)25-9-13(21)19-12-7-6-10(20(23)24)8-11(12)15(16,17)18/h2-8H,9H2,1H3,(H,19,21)/b3-2+,5-4+. The number of amides is 1. The normalized spacial score (nSPS) is 11.7. The molecule has 1 N–H and O–H groups in total. The molecule has 0 aliphatic heterocycles. The Kier molecular flexibility index (Phi) is 6.85. The Morgan fingerprint density at radius 3 is 2.56 bits per heavy atom. The van der Waals surface area contributed by atoms with E-state index in [1.165, 1.54) is 12.2 Å². The smallest absolute Gasteiger partial charge is 0.418 e. The average Bonchev–Trinajstić information content (AvgIpc) is 2.52. The zero-order valence-electron chi connectivity index (χ0n) is 12.9. The van der Waals surface area contributed by atoms with Crippen LogP contribution >= 0.6 is 0 Å². The Labute approximate surface area is 139 Å². The molecule has 0 aromatic heterocycles. The lowest BCUT2D eigenvalue weighted by atomic mass is 10.1. The molecule has 1 amide bonds. The molecular formula is C15H13F3N2O5. The maximum Gasteiger partial charge on any atom is 0.418 e. The monoisotopic (exact) mass is 358 g/mol. The molecule has 0 fully saturated rings. The van der Waals surface area contributed by atoms with Crippen molar-refractivity contribution in [2.45, 2.75) is 13.1 Å². The van der Waals surface area contributed by atoms with Gasteiger partial charge in [0.05, 0.1) is 16.2 Å². The molecule has 25 heavy (non-hydrogen) atoms. The molecule has 0 unspecified atom stereocenters. The number of esters is 1. The van der Waals surface area contributed by atoms with E-state index in [1.54, 1.807) is 13.0 Å². The Balaban J connectivity index is 2.83. The van der Waals surface area contributed by atoms with Crippen LogP contribution in [0.25, 0.3) is 0 Å². The van der Waals surface area contributed by atoms with Crippen LogP contribution < -0.4 is 5.32 Å². The summed E-state index contributed by atoms with van der Waals surface area (Å²) < 4.78 is 43.4. The Morgan fingerprint density at radius 2 is 2.00 bits per heavy atom. The Morgan fingerprint density at radius 1 is 1.32 bits per heavy atom. The van der Waals surface area contributed by atoms with E-state index < -0.39 is 46.5 Å². The number of carbonyl (C=O) groups is 2. The minimum absolute atomic E-state index is 0.307. The molecule has 0 heterocycles. The quantitative estimate of drug-likeness (QED) is 0.277. The zero-order valence-corrected chi connectivity index (χ0v) is 12.9. The number of alkyl halides is 3. The number of halogens is 3. The largest absolute Gasteiger partial charge is 0.452 e. The first-order chi connectivity index (χ1) is 11.6. The van der Waals surface area contributed by atoms with Gasteiger partial charge in [0.1, 0.15) is 0 Å². The van der Waals surface area contributed by atoms with Gasteiger partial charge in [-0.05, 0) is 13.0 Å². The van der Waals surface area contributed by atoms with Crippen molar-refractivity contribution in [3.8, 4) is 0 Å². The topological polar surface area (TPSA) is 98.5 Å². The van der Waals surface area contributed by atoms with Gasteiger partial charge in [0.15, 0.2) is 6.61 Å². The summed E-state index contributed by atoms with van der Waals surface area (Å²) in [5.74, 6) is -1.87. The molecule has 0 radical (unpaired) electrons. The zero-order chi connectivity index (χ0) is 19.0. The third kappa shape index (κ3) is 6.45. The summed E-state index contributed by atoms with van der Waals surface area (Å²) >= 11 is 0. The average molecular weight is 358 g/mol. The number of benzene rings is 1. The summed E-state index contributed by atoms with van der Waals surface area (Å²) in [6, 6.07) is 1.88. The number of non-ortho nitro benzene ring substituents is 1. The van der Waals surface area contributed by atoms with Crippen LogP contribution in [0.3, 0.4) is 0 Å². The van der Waals surface area contributed by atoms with Gasteiger partial charge in [0.2, 0.25) is 0 Å². The second-order valence-electron chi connectivity index (χ2n) is 4.53. The lowest BCUT2D eigenvalue weighted by Crippen LogP contribution is -2.22. The maximum absolute atomic E-state index is 13.0. The molecule has 0 aliphatic rings. The van der Waals surface area contributed by atoms with Crippen LogP contribution in [0, 0.1) is 10.1 Å². The van der Waals surface area contributed by atoms with Crippen molar-refractivity contribution in [2.24, 2.45) is 0 Å². The second kappa shape index (κ2) is 8.62. The predicted octanol–water partition coefficient (Wildman–Crippen LogP) is 3.23. The second-order valence-corrected chi connectivity index (χ2v) is 4.53. The van der Waals surface area contributed by atoms with Gasteiger partial charge >= 0.3 is 12.1 Å². The van der Waals surface area contributed by atoms with Crippen molar-refractivity contribution in [3.63, 3.8) is 0 Å². The molecule has 0 bridgehead atoms. The predicted molar refractivity (Wildman–Crippen MR) is 81.6 cm³/mol. The number of rotatable bonds is 6. The minimum Gasteiger partial charge on any atom is -0.452 e. The minimum atomic E-state index is -4.92. The molecule has 0 saturated carbocycles. The molecule has 10 heteroatoms.